The topological polar surface area (TPSA) is 84.2 Å². The quantitative estimate of drug-likeness (QED) is 0.725. The van der Waals surface area contributed by atoms with Crippen LogP contribution in [-0.2, 0) is 9.59 Å². The summed E-state index contributed by atoms with van der Waals surface area (Å²) in [6, 6.07) is 2.42. The number of benzene rings is 1. The number of carbonyl (C=O) groups excluding carboxylic acids is 2. The number of nitrogen functional groups attached to an aromatic ring is 1. The molecule has 1 unspecified atom stereocenters. The summed E-state index contributed by atoms with van der Waals surface area (Å²) in [6.07, 6.45) is 0.834. The van der Waals surface area contributed by atoms with Gasteiger partial charge in [-0.25, -0.2) is 0 Å². The second kappa shape index (κ2) is 5.04. The van der Waals surface area contributed by atoms with E-state index in [0.717, 1.165) is 0 Å². The second-order valence-corrected chi connectivity index (χ2v) is 4.82. The Kier molecular flexibility index (Phi) is 3.63. The van der Waals surface area contributed by atoms with Crippen molar-refractivity contribution in [3.05, 3.63) is 22.2 Å². The number of hydrogen-bond acceptors (Lipinski definition) is 3. The zero-order chi connectivity index (χ0) is 13.3. The summed E-state index contributed by atoms with van der Waals surface area (Å²) in [7, 11) is 0. The Morgan fingerprint density at radius 1 is 1.39 bits per heavy atom. The molecule has 0 spiro atoms. The lowest BCUT2D eigenvalue weighted by Crippen LogP contribution is -2.37. The van der Waals surface area contributed by atoms with E-state index in [1.165, 1.54) is 12.1 Å². The smallest absolute Gasteiger partial charge is 0.247 e. The predicted molar refractivity (Wildman–Crippen MR) is 70.7 cm³/mol. The molecule has 18 heavy (non-hydrogen) atoms. The van der Waals surface area contributed by atoms with Crippen LogP contribution >= 0.6 is 23.2 Å². The Morgan fingerprint density at radius 2 is 2.06 bits per heavy atom. The summed E-state index contributed by atoms with van der Waals surface area (Å²) in [5.74, 6) is -0.441. The molecule has 1 aromatic rings. The van der Waals surface area contributed by atoms with Crippen LogP contribution in [0.15, 0.2) is 12.1 Å². The van der Waals surface area contributed by atoms with Crippen molar-refractivity contribution in [1.29, 1.82) is 0 Å². The van der Waals surface area contributed by atoms with Crippen molar-refractivity contribution in [2.75, 3.05) is 11.1 Å². The van der Waals surface area contributed by atoms with E-state index >= 15 is 0 Å². The number of carbonyl (C=O) groups is 2. The number of rotatable bonds is 2. The van der Waals surface area contributed by atoms with Gasteiger partial charge in [0.2, 0.25) is 11.8 Å². The molecule has 2 amide bonds. The van der Waals surface area contributed by atoms with Gasteiger partial charge in [-0.3, -0.25) is 9.59 Å². The highest BCUT2D eigenvalue weighted by Gasteiger charge is 2.27. The van der Waals surface area contributed by atoms with Gasteiger partial charge in [-0.2, -0.15) is 0 Å². The van der Waals surface area contributed by atoms with Gasteiger partial charge in [0, 0.05) is 6.42 Å². The maximum Gasteiger partial charge on any atom is 0.247 e. The molecule has 7 heteroatoms. The van der Waals surface area contributed by atoms with Crippen LogP contribution in [0, 0.1) is 0 Å². The molecular weight excluding hydrogens is 277 g/mol. The van der Waals surface area contributed by atoms with Crippen LogP contribution in [-0.4, -0.2) is 17.9 Å². The molecule has 1 fully saturated rings. The summed E-state index contributed by atoms with van der Waals surface area (Å²) in [4.78, 5) is 22.9. The molecule has 5 nitrogen and oxygen atoms in total. The minimum Gasteiger partial charge on any atom is -0.397 e. The van der Waals surface area contributed by atoms with Crippen molar-refractivity contribution in [2.24, 2.45) is 0 Å². The van der Waals surface area contributed by atoms with Gasteiger partial charge in [-0.15, -0.1) is 0 Å². The first kappa shape index (κ1) is 13.0. The van der Waals surface area contributed by atoms with E-state index in [2.05, 4.69) is 10.6 Å². The van der Waals surface area contributed by atoms with E-state index in [4.69, 9.17) is 28.9 Å². The Morgan fingerprint density at radius 3 is 2.67 bits per heavy atom. The average molecular weight is 288 g/mol. The SMILES string of the molecule is Nc1cc(Cl)c(Cl)cc1NC(=O)C1CCC(=O)N1. The van der Waals surface area contributed by atoms with Crippen LogP contribution in [0.4, 0.5) is 11.4 Å². The Hall–Kier alpha value is -1.46. The second-order valence-electron chi connectivity index (χ2n) is 4.00. The molecule has 1 aromatic carbocycles. The maximum absolute atomic E-state index is 11.9. The zero-order valence-electron chi connectivity index (χ0n) is 9.30. The molecule has 0 radical (unpaired) electrons. The van der Waals surface area contributed by atoms with Crippen LogP contribution in [0.3, 0.4) is 0 Å². The summed E-state index contributed by atoms with van der Waals surface area (Å²) in [6.45, 7) is 0. The first-order valence-electron chi connectivity index (χ1n) is 5.32. The summed E-state index contributed by atoms with van der Waals surface area (Å²) >= 11 is 11.6. The van der Waals surface area contributed by atoms with Gasteiger partial charge in [0.25, 0.3) is 0 Å². The monoisotopic (exact) mass is 287 g/mol. The van der Waals surface area contributed by atoms with Crippen molar-refractivity contribution in [1.82, 2.24) is 5.32 Å². The molecule has 1 saturated heterocycles. The molecule has 0 saturated carbocycles. The molecule has 1 heterocycles. The fraction of sp³-hybridized carbons (Fsp3) is 0.273. The van der Waals surface area contributed by atoms with E-state index in [0.29, 0.717) is 34.3 Å². The van der Waals surface area contributed by atoms with E-state index in [9.17, 15) is 9.59 Å². The fourth-order valence-corrected chi connectivity index (χ4v) is 2.04. The number of nitrogens with one attached hydrogen (secondary N) is 2. The molecule has 1 aliphatic rings. The van der Waals surface area contributed by atoms with E-state index in [1.54, 1.807) is 0 Å². The van der Waals surface area contributed by atoms with Crippen LogP contribution in [0.1, 0.15) is 12.8 Å². The molecular formula is C11H11Cl2N3O2. The third kappa shape index (κ3) is 2.68. The van der Waals surface area contributed by atoms with Crippen LogP contribution in [0.5, 0.6) is 0 Å². The van der Waals surface area contributed by atoms with Crippen molar-refractivity contribution in [3.63, 3.8) is 0 Å². The standard InChI is InChI=1S/C11H11Cl2N3O2/c12-5-3-7(14)9(4-6(5)13)16-11(18)8-1-2-10(17)15-8/h3-4,8H,1-2,14H2,(H,15,17)(H,16,18). The first-order chi connectivity index (χ1) is 8.47. The largest absolute Gasteiger partial charge is 0.397 e. The molecule has 1 atom stereocenters. The third-order valence-electron chi connectivity index (χ3n) is 2.66. The van der Waals surface area contributed by atoms with Gasteiger partial charge >= 0.3 is 0 Å². The predicted octanol–water partition coefficient (Wildman–Crippen LogP) is 1.79. The highest BCUT2D eigenvalue weighted by molar-refractivity contribution is 6.42. The lowest BCUT2D eigenvalue weighted by molar-refractivity contribution is -0.122. The van der Waals surface area contributed by atoms with Crippen LogP contribution in [0.2, 0.25) is 10.0 Å². The molecule has 0 bridgehead atoms. The van der Waals surface area contributed by atoms with Crippen molar-refractivity contribution < 1.29 is 9.59 Å². The van der Waals surface area contributed by atoms with Gasteiger partial charge < -0.3 is 16.4 Å². The number of amides is 2. The Bertz CT molecular complexity index is 519. The Balaban J connectivity index is 2.12. The van der Waals surface area contributed by atoms with Gasteiger partial charge in [0.15, 0.2) is 0 Å². The van der Waals surface area contributed by atoms with E-state index in [1.807, 2.05) is 0 Å². The molecule has 0 aliphatic carbocycles. The summed E-state index contributed by atoms with van der Waals surface area (Å²) < 4.78 is 0. The van der Waals surface area contributed by atoms with Gasteiger partial charge in [-0.1, -0.05) is 23.2 Å². The Labute approximate surface area is 114 Å². The van der Waals surface area contributed by atoms with Crippen molar-refractivity contribution in [3.8, 4) is 0 Å². The number of nitrogens with two attached hydrogens (primary N) is 1. The number of anilines is 2. The minimum absolute atomic E-state index is 0.128. The highest BCUT2D eigenvalue weighted by Crippen LogP contribution is 2.30. The minimum atomic E-state index is -0.522. The number of halogens is 2. The van der Waals surface area contributed by atoms with Crippen LogP contribution < -0.4 is 16.4 Å². The van der Waals surface area contributed by atoms with Gasteiger partial charge in [-0.05, 0) is 18.6 Å². The van der Waals surface area contributed by atoms with Gasteiger partial charge in [0.05, 0.1) is 21.4 Å². The highest BCUT2D eigenvalue weighted by atomic mass is 35.5. The lowest BCUT2D eigenvalue weighted by atomic mass is 10.2. The van der Waals surface area contributed by atoms with Crippen LogP contribution in [0.25, 0.3) is 0 Å². The molecule has 2 rings (SSSR count). The average Bonchev–Trinajstić information content (AvgIpc) is 2.73. The third-order valence-corrected chi connectivity index (χ3v) is 3.38. The molecule has 96 valence electrons. The molecule has 1 aliphatic heterocycles. The lowest BCUT2D eigenvalue weighted by Gasteiger charge is -2.13. The number of hydrogen-bond donors (Lipinski definition) is 3. The molecule has 4 N–H and O–H groups in total. The molecule has 0 aromatic heterocycles. The van der Waals surface area contributed by atoms with E-state index in [-0.39, 0.29) is 11.8 Å². The fourth-order valence-electron chi connectivity index (χ4n) is 1.70. The first-order valence-corrected chi connectivity index (χ1v) is 6.07. The zero-order valence-corrected chi connectivity index (χ0v) is 10.8. The maximum atomic E-state index is 11.9. The summed E-state index contributed by atoms with van der Waals surface area (Å²) in [5.41, 5.74) is 6.43. The van der Waals surface area contributed by atoms with Crippen molar-refractivity contribution in [2.45, 2.75) is 18.9 Å². The summed E-state index contributed by atoms with van der Waals surface area (Å²) in [5, 5.41) is 5.81. The van der Waals surface area contributed by atoms with Crippen molar-refractivity contribution >= 4 is 46.4 Å². The van der Waals surface area contributed by atoms with E-state index < -0.39 is 6.04 Å². The van der Waals surface area contributed by atoms with Gasteiger partial charge in [0.1, 0.15) is 6.04 Å². The normalized spacial score (nSPS) is 18.6.